The standard InChI is InChI=1S/C7H7BrO3/c8-7-5(10)1-4(3-9)2-6(7)11/h1-2,9-11H,3H2. The van der Waals surface area contributed by atoms with Gasteiger partial charge >= 0.3 is 0 Å². The third-order valence-corrected chi connectivity index (χ3v) is 2.09. The van der Waals surface area contributed by atoms with Gasteiger partial charge in [-0.3, -0.25) is 0 Å². The molecule has 0 aliphatic carbocycles. The van der Waals surface area contributed by atoms with Crippen LogP contribution in [-0.2, 0) is 6.61 Å². The van der Waals surface area contributed by atoms with Gasteiger partial charge in [-0.2, -0.15) is 0 Å². The Balaban J connectivity index is 3.21. The normalized spacial score (nSPS) is 10.0. The van der Waals surface area contributed by atoms with E-state index in [0.29, 0.717) is 5.56 Å². The molecule has 0 unspecified atom stereocenters. The molecule has 0 bridgehead atoms. The summed E-state index contributed by atoms with van der Waals surface area (Å²) in [5, 5.41) is 26.8. The number of phenols is 2. The molecule has 1 rings (SSSR count). The van der Waals surface area contributed by atoms with Crippen molar-refractivity contribution in [1.82, 2.24) is 0 Å². The van der Waals surface area contributed by atoms with Crippen LogP contribution in [0.4, 0.5) is 0 Å². The molecule has 0 amide bonds. The molecule has 3 nitrogen and oxygen atoms in total. The van der Waals surface area contributed by atoms with Gasteiger partial charge in [0.2, 0.25) is 0 Å². The van der Waals surface area contributed by atoms with Gasteiger partial charge in [0.15, 0.2) is 0 Å². The lowest BCUT2D eigenvalue weighted by Gasteiger charge is -2.02. The lowest BCUT2D eigenvalue weighted by molar-refractivity contribution is 0.280. The Bertz CT molecular complexity index is 249. The number of rotatable bonds is 1. The highest BCUT2D eigenvalue weighted by Gasteiger charge is 2.05. The number of halogens is 1. The van der Waals surface area contributed by atoms with Crippen molar-refractivity contribution in [3.63, 3.8) is 0 Å². The Hall–Kier alpha value is -0.740. The highest BCUT2D eigenvalue weighted by Crippen LogP contribution is 2.33. The molecule has 0 aliphatic rings. The van der Waals surface area contributed by atoms with Crippen LogP contribution >= 0.6 is 15.9 Å². The fourth-order valence-electron chi connectivity index (χ4n) is 0.742. The van der Waals surface area contributed by atoms with E-state index in [9.17, 15) is 0 Å². The average Bonchev–Trinajstić information content (AvgIpc) is 1.99. The smallest absolute Gasteiger partial charge is 0.133 e. The molecule has 0 aliphatic heterocycles. The molecule has 0 saturated heterocycles. The Morgan fingerprint density at radius 2 is 1.64 bits per heavy atom. The fourth-order valence-corrected chi connectivity index (χ4v) is 0.971. The highest BCUT2D eigenvalue weighted by molar-refractivity contribution is 9.10. The van der Waals surface area contributed by atoms with Crippen molar-refractivity contribution in [2.45, 2.75) is 6.61 Å². The van der Waals surface area contributed by atoms with Gasteiger partial charge < -0.3 is 15.3 Å². The zero-order valence-corrected chi connectivity index (χ0v) is 7.17. The van der Waals surface area contributed by atoms with Crippen molar-refractivity contribution in [3.8, 4) is 11.5 Å². The summed E-state index contributed by atoms with van der Waals surface area (Å²) in [5.74, 6) is -0.150. The lowest BCUT2D eigenvalue weighted by atomic mass is 10.2. The van der Waals surface area contributed by atoms with Gasteiger partial charge in [0.1, 0.15) is 16.0 Å². The summed E-state index contributed by atoms with van der Waals surface area (Å²) in [7, 11) is 0. The number of aromatic hydroxyl groups is 2. The van der Waals surface area contributed by atoms with Crippen molar-refractivity contribution in [3.05, 3.63) is 22.2 Å². The van der Waals surface area contributed by atoms with Crippen LogP contribution in [0.25, 0.3) is 0 Å². The first-order chi connectivity index (χ1) is 5.15. The van der Waals surface area contributed by atoms with Gasteiger partial charge in [0, 0.05) is 0 Å². The second kappa shape index (κ2) is 3.11. The molecule has 1 aromatic rings. The first-order valence-electron chi connectivity index (χ1n) is 2.96. The molecule has 0 fully saturated rings. The van der Waals surface area contributed by atoms with E-state index in [-0.39, 0.29) is 22.6 Å². The monoisotopic (exact) mass is 218 g/mol. The molecule has 0 aromatic heterocycles. The zero-order valence-electron chi connectivity index (χ0n) is 5.58. The molecule has 3 N–H and O–H groups in total. The average molecular weight is 219 g/mol. The Morgan fingerprint density at radius 1 is 1.18 bits per heavy atom. The third kappa shape index (κ3) is 1.64. The van der Waals surface area contributed by atoms with Gasteiger partial charge in [-0.25, -0.2) is 0 Å². The number of aliphatic hydroxyl groups excluding tert-OH is 1. The van der Waals surface area contributed by atoms with Gasteiger partial charge in [-0.15, -0.1) is 0 Å². The lowest BCUT2D eigenvalue weighted by Crippen LogP contribution is -1.82. The molecule has 0 radical (unpaired) electrons. The SMILES string of the molecule is OCc1cc(O)c(Br)c(O)c1. The van der Waals surface area contributed by atoms with Crippen LogP contribution in [0.2, 0.25) is 0 Å². The number of phenolic OH excluding ortho intramolecular Hbond substituents is 2. The van der Waals surface area contributed by atoms with Crippen LogP contribution in [0.3, 0.4) is 0 Å². The third-order valence-electron chi connectivity index (χ3n) is 1.28. The Kier molecular flexibility index (Phi) is 2.36. The first kappa shape index (κ1) is 8.36. The number of hydrogen-bond acceptors (Lipinski definition) is 3. The maximum absolute atomic E-state index is 9.09. The minimum atomic E-state index is -0.200. The van der Waals surface area contributed by atoms with Gasteiger partial charge in [0.05, 0.1) is 6.61 Å². The van der Waals surface area contributed by atoms with E-state index in [1.54, 1.807) is 0 Å². The Morgan fingerprint density at radius 3 is 2.00 bits per heavy atom. The van der Waals surface area contributed by atoms with E-state index >= 15 is 0 Å². The van der Waals surface area contributed by atoms with E-state index in [1.165, 1.54) is 12.1 Å². The molecule has 0 saturated carbocycles. The molecule has 11 heavy (non-hydrogen) atoms. The number of aliphatic hydroxyl groups is 1. The summed E-state index contributed by atoms with van der Waals surface area (Å²) >= 11 is 2.96. The maximum atomic E-state index is 9.09. The van der Waals surface area contributed by atoms with Crippen molar-refractivity contribution < 1.29 is 15.3 Å². The van der Waals surface area contributed by atoms with E-state index in [0.717, 1.165) is 0 Å². The van der Waals surface area contributed by atoms with Gasteiger partial charge in [0.25, 0.3) is 0 Å². The van der Waals surface area contributed by atoms with Crippen LogP contribution in [0.15, 0.2) is 16.6 Å². The highest BCUT2D eigenvalue weighted by atomic mass is 79.9. The molecule has 0 atom stereocenters. The van der Waals surface area contributed by atoms with Crippen molar-refractivity contribution in [2.75, 3.05) is 0 Å². The second-order valence-corrected chi connectivity index (χ2v) is 2.90. The minimum Gasteiger partial charge on any atom is -0.507 e. The molecule has 60 valence electrons. The fraction of sp³-hybridized carbons (Fsp3) is 0.143. The number of hydrogen-bond donors (Lipinski definition) is 3. The Labute approximate surface area is 72.0 Å². The molecule has 4 heteroatoms. The van der Waals surface area contributed by atoms with Crippen molar-refractivity contribution in [1.29, 1.82) is 0 Å². The van der Waals surface area contributed by atoms with Crippen molar-refractivity contribution >= 4 is 15.9 Å². The van der Waals surface area contributed by atoms with Crippen LogP contribution in [0, 0.1) is 0 Å². The minimum absolute atomic E-state index is 0.0750. The summed E-state index contributed by atoms with van der Waals surface area (Å²) in [6.45, 7) is -0.200. The topological polar surface area (TPSA) is 60.7 Å². The molecular weight excluding hydrogens is 212 g/mol. The summed E-state index contributed by atoms with van der Waals surface area (Å²) < 4.78 is 0.245. The molecular formula is C7H7BrO3. The van der Waals surface area contributed by atoms with Crippen LogP contribution in [0.1, 0.15) is 5.56 Å². The predicted molar refractivity (Wildman–Crippen MR) is 43.4 cm³/mol. The molecule has 0 heterocycles. The molecule has 1 aromatic carbocycles. The van der Waals surface area contributed by atoms with E-state index < -0.39 is 0 Å². The van der Waals surface area contributed by atoms with Crippen LogP contribution in [-0.4, -0.2) is 15.3 Å². The molecule has 0 spiro atoms. The van der Waals surface area contributed by atoms with Crippen LogP contribution < -0.4 is 0 Å². The summed E-state index contributed by atoms with van der Waals surface area (Å²) in [6.07, 6.45) is 0. The number of benzene rings is 1. The second-order valence-electron chi connectivity index (χ2n) is 2.11. The van der Waals surface area contributed by atoms with Gasteiger partial charge in [-0.05, 0) is 33.6 Å². The zero-order chi connectivity index (χ0) is 8.43. The largest absolute Gasteiger partial charge is 0.507 e. The summed E-state index contributed by atoms with van der Waals surface area (Å²) in [4.78, 5) is 0. The first-order valence-corrected chi connectivity index (χ1v) is 3.75. The predicted octanol–water partition coefficient (Wildman–Crippen LogP) is 1.35. The summed E-state index contributed by atoms with van der Waals surface area (Å²) in [5.41, 5.74) is 0.475. The van der Waals surface area contributed by atoms with E-state index in [2.05, 4.69) is 15.9 Å². The quantitative estimate of drug-likeness (QED) is 0.668. The maximum Gasteiger partial charge on any atom is 0.133 e. The van der Waals surface area contributed by atoms with Crippen molar-refractivity contribution in [2.24, 2.45) is 0 Å². The van der Waals surface area contributed by atoms with E-state index in [1.807, 2.05) is 0 Å². The van der Waals surface area contributed by atoms with E-state index in [4.69, 9.17) is 15.3 Å². The van der Waals surface area contributed by atoms with Gasteiger partial charge in [-0.1, -0.05) is 0 Å². The van der Waals surface area contributed by atoms with Crippen LogP contribution in [0.5, 0.6) is 11.5 Å². The summed E-state index contributed by atoms with van der Waals surface area (Å²) in [6, 6.07) is 2.76.